The third-order valence-corrected chi connectivity index (χ3v) is 5.29. The number of benzodiazepines with no additional fused rings is 1. The van der Waals surface area contributed by atoms with E-state index in [9.17, 15) is 4.79 Å². The van der Waals surface area contributed by atoms with E-state index in [-0.39, 0.29) is 5.91 Å². The van der Waals surface area contributed by atoms with Crippen LogP contribution in [0.1, 0.15) is 11.1 Å². The summed E-state index contributed by atoms with van der Waals surface area (Å²) in [4.78, 5) is 20.0. The molecule has 1 aromatic heterocycles. The molecule has 3 aromatic rings. The number of hydrogen-bond donors (Lipinski definition) is 2. The van der Waals surface area contributed by atoms with Crippen molar-refractivity contribution in [2.45, 2.75) is 6.17 Å². The molecule has 8 heteroatoms. The Morgan fingerprint density at radius 1 is 1.03 bits per heavy atom. The highest BCUT2D eigenvalue weighted by Gasteiger charge is 2.26. The number of ether oxygens (including phenoxy) is 1. The SMILES string of the molecule is O=C1Nc2ccccc2C(c2ccccc2)=NC1Nc1cc(N2CCOCC2)cnn1. The zero-order chi connectivity index (χ0) is 21.0. The van der Waals surface area contributed by atoms with Gasteiger partial charge in [0.1, 0.15) is 0 Å². The fourth-order valence-corrected chi connectivity index (χ4v) is 3.74. The lowest BCUT2D eigenvalue weighted by Crippen LogP contribution is -2.36. The maximum absolute atomic E-state index is 13.0. The Labute approximate surface area is 180 Å². The van der Waals surface area contributed by atoms with Crippen molar-refractivity contribution >= 4 is 28.8 Å². The van der Waals surface area contributed by atoms with Gasteiger partial charge in [-0.25, -0.2) is 4.99 Å². The largest absolute Gasteiger partial charge is 0.378 e. The van der Waals surface area contributed by atoms with E-state index in [1.165, 1.54) is 0 Å². The summed E-state index contributed by atoms with van der Waals surface area (Å²) in [6.45, 7) is 2.94. The predicted molar refractivity (Wildman–Crippen MR) is 120 cm³/mol. The lowest BCUT2D eigenvalue weighted by molar-refractivity contribution is -0.116. The number of benzene rings is 2. The number of aliphatic imine (C=N–C) groups is 1. The molecule has 2 aromatic carbocycles. The number of rotatable bonds is 4. The van der Waals surface area contributed by atoms with E-state index in [4.69, 9.17) is 9.73 Å². The lowest BCUT2D eigenvalue weighted by Gasteiger charge is -2.28. The number of morpholine rings is 1. The summed E-state index contributed by atoms with van der Waals surface area (Å²) in [7, 11) is 0. The van der Waals surface area contributed by atoms with Crippen molar-refractivity contribution in [3.05, 3.63) is 78.0 Å². The Hall–Kier alpha value is -3.78. The van der Waals surface area contributed by atoms with Crippen molar-refractivity contribution in [1.82, 2.24) is 10.2 Å². The van der Waals surface area contributed by atoms with Crippen LogP contribution >= 0.6 is 0 Å². The first-order valence-electron chi connectivity index (χ1n) is 10.2. The molecule has 1 unspecified atom stereocenters. The van der Waals surface area contributed by atoms with Gasteiger partial charge < -0.3 is 20.3 Å². The molecule has 1 atom stereocenters. The zero-order valence-corrected chi connectivity index (χ0v) is 16.9. The topological polar surface area (TPSA) is 91.7 Å². The van der Waals surface area contributed by atoms with E-state index in [2.05, 4.69) is 25.7 Å². The summed E-state index contributed by atoms with van der Waals surface area (Å²) in [6, 6.07) is 19.4. The number of carbonyl (C=O) groups excluding carboxylic acids is 1. The zero-order valence-electron chi connectivity index (χ0n) is 16.9. The number of amides is 1. The van der Waals surface area contributed by atoms with Gasteiger partial charge >= 0.3 is 0 Å². The standard InChI is InChI=1S/C23H22N6O2/c30-23-22(26-20-14-17(15-24-28-20)29-10-12-31-13-11-29)27-21(16-6-2-1-3-7-16)18-8-4-5-9-19(18)25-23/h1-9,14-15,22H,10-13H2,(H,25,30)(H,26,28). The van der Waals surface area contributed by atoms with Gasteiger partial charge in [0.05, 0.1) is 36.5 Å². The van der Waals surface area contributed by atoms with E-state index < -0.39 is 6.17 Å². The van der Waals surface area contributed by atoms with Crippen LogP contribution in [0.15, 0.2) is 71.9 Å². The molecule has 0 aliphatic carbocycles. The molecule has 2 aliphatic heterocycles. The van der Waals surface area contributed by atoms with E-state index >= 15 is 0 Å². The lowest BCUT2D eigenvalue weighted by atomic mass is 10.0. The molecular formula is C23H22N6O2. The van der Waals surface area contributed by atoms with Gasteiger partial charge in [0, 0.05) is 30.3 Å². The second-order valence-electron chi connectivity index (χ2n) is 7.32. The molecule has 8 nitrogen and oxygen atoms in total. The average molecular weight is 414 g/mol. The second-order valence-corrected chi connectivity index (χ2v) is 7.32. The first kappa shape index (κ1) is 19.2. The van der Waals surface area contributed by atoms with E-state index in [1.54, 1.807) is 6.20 Å². The first-order chi connectivity index (χ1) is 15.3. The van der Waals surface area contributed by atoms with Gasteiger partial charge in [0.15, 0.2) is 5.82 Å². The van der Waals surface area contributed by atoms with Crippen LogP contribution in [0.2, 0.25) is 0 Å². The monoisotopic (exact) mass is 414 g/mol. The molecule has 0 saturated carbocycles. The summed E-state index contributed by atoms with van der Waals surface area (Å²) in [5.41, 5.74) is 4.22. The number of fused-ring (bicyclic) bond motifs is 1. The van der Waals surface area contributed by atoms with Gasteiger partial charge in [-0.15, -0.1) is 5.10 Å². The summed E-state index contributed by atoms with van der Waals surface area (Å²) in [5, 5.41) is 14.4. The van der Waals surface area contributed by atoms with Crippen molar-refractivity contribution in [2.24, 2.45) is 4.99 Å². The highest BCUT2D eigenvalue weighted by atomic mass is 16.5. The third kappa shape index (κ3) is 4.10. The Bertz CT molecular complexity index is 1110. The Morgan fingerprint density at radius 3 is 2.65 bits per heavy atom. The quantitative estimate of drug-likeness (QED) is 0.682. The Balaban J connectivity index is 1.48. The molecule has 1 amide bonds. The molecule has 3 heterocycles. The number of carbonyl (C=O) groups is 1. The number of para-hydroxylation sites is 1. The minimum absolute atomic E-state index is 0.253. The summed E-state index contributed by atoms with van der Waals surface area (Å²) < 4.78 is 5.42. The average Bonchev–Trinajstić information content (AvgIpc) is 2.97. The smallest absolute Gasteiger partial charge is 0.269 e. The van der Waals surface area contributed by atoms with Crippen LogP contribution in [0.5, 0.6) is 0 Å². The van der Waals surface area contributed by atoms with Crippen molar-refractivity contribution in [3.8, 4) is 0 Å². The summed E-state index contributed by atoms with van der Waals surface area (Å²) in [5.74, 6) is 0.239. The number of anilines is 3. The molecule has 31 heavy (non-hydrogen) atoms. The van der Waals surface area contributed by atoms with Crippen molar-refractivity contribution in [3.63, 3.8) is 0 Å². The maximum Gasteiger partial charge on any atom is 0.269 e. The van der Waals surface area contributed by atoms with Gasteiger partial charge in [-0.2, -0.15) is 5.10 Å². The molecule has 1 fully saturated rings. The highest BCUT2D eigenvalue weighted by Crippen LogP contribution is 2.25. The van der Waals surface area contributed by atoms with E-state index in [0.29, 0.717) is 19.0 Å². The minimum atomic E-state index is -0.850. The fraction of sp³-hybridized carbons (Fsp3) is 0.217. The molecule has 0 spiro atoms. The van der Waals surface area contributed by atoms with Gasteiger partial charge in [-0.05, 0) is 6.07 Å². The third-order valence-electron chi connectivity index (χ3n) is 5.29. The predicted octanol–water partition coefficient (Wildman–Crippen LogP) is 2.54. The molecule has 2 N–H and O–H groups in total. The van der Waals surface area contributed by atoms with E-state index in [1.807, 2.05) is 60.7 Å². The van der Waals surface area contributed by atoms with Crippen LogP contribution in [0.3, 0.4) is 0 Å². The van der Waals surface area contributed by atoms with Crippen molar-refractivity contribution < 1.29 is 9.53 Å². The molecule has 156 valence electrons. The van der Waals surface area contributed by atoms with Crippen LogP contribution in [-0.2, 0) is 9.53 Å². The fourth-order valence-electron chi connectivity index (χ4n) is 3.74. The van der Waals surface area contributed by atoms with Gasteiger partial charge in [-0.1, -0.05) is 48.5 Å². The summed E-state index contributed by atoms with van der Waals surface area (Å²) >= 11 is 0. The van der Waals surface area contributed by atoms with Gasteiger partial charge in [0.25, 0.3) is 5.91 Å². The number of nitrogens with one attached hydrogen (secondary N) is 2. The van der Waals surface area contributed by atoms with Crippen LogP contribution < -0.4 is 15.5 Å². The number of hydrogen-bond acceptors (Lipinski definition) is 7. The van der Waals surface area contributed by atoms with E-state index in [0.717, 1.165) is 41.3 Å². The molecule has 5 rings (SSSR count). The molecule has 1 saturated heterocycles. The number of nitrogens with zero attached hydrogens (tertiary/aromatic N) is 4. The highest BCUT2D eigenvalue weighted by molar-refractivity contribution is 6.19. The number of aromatic nitrogens is 2. The summed E-state index contributed by atoms with van der Waals surface area (Å²) in [6.07, 6.45) is 0.870. The minimum Gasteiger partial charge on any atom is -0.378 e. The van der Waals surface area contributed by atoms with Crippen LogP contribution in [0, 0.1) is 0 Å². The van der Waals surface area contributed by atoms with Crippen LogP contribution in [0.4, 0.5) is 17.2 Å². The van der Waals surface area contributed by atoms with Gasteiger partial charge in [-0.3, -0.25) is 4.79 Å². The molecule has 0 bridgehead atoms. The first-order valence-corrected chi connectivity index (χ1v) is 10.2. The Morgan fingerprint density at radius 2 is 1.81 bits per heavy atom. The van der Waals surface area contributed by atoms with Gasteiger partial charge in [0.2, 0.25) is 6.17 Å². The van der Waals surface area contributed by atoms with Crippen LogP contribution in [0.25, 0.3) is 0 Å². The Kier molecular flexibility index (Phi) is 5.28. The molecular weight excluding hydrogens is 392 g/mol. The van der Waals surface area contributed by atoms with Crippen molar-refractivity contribution in [2.75, 3.05) is 41.8 Å². The molecule has 2 aliphatic rings. The maximum atomic E-state index is 13.0. The molecule has 0 radical (unpaired) electrons. The van der Waals surface area contributed by atoms with Crippen molar-refractivity contribution in [1.29, 1.82) is 0 Å². The normalized spacial score (nSPS) is 18.5. The second kappa shape index (κ2) is 8.53. The van der Waals surface area contributed by atoms with Crippen LogP contribution in [-0.4, -0.2) is 54.3 Å².